The smallest absolute Gasteiger partial charge is 0.175 e. The molecule has 0 unspecified atom stereocenters. The van der Waals surface area contributed by atoms with Gasteiger partial charge in [-0.2, -0.15) is 0 Å². The van der Waals surface area contributed by atoms with Gasteiger partial charge in [-0.25, -0.2) is 0 Å². The molecule has 3 aromatic carbocycles. The first-order valence-electron chi connectivity index (χ1n) is 11.2. The van der Waals surface area contributed by atoms with Gasteiger partial charge in [0.25, 0.3) is 0 Å². The van der Waals surface area contributed by atoms with Crippen LogP contribution in [0.25, 0.3) is 0 Å². The monoisotopic (exact) mass is 564 g/mol. The van der Waals surface area contributed by atoms with Crippen molar-refractivity contribution < 1.29 is 14.2 Å². The molecule has 0 atom stereocenters. The Kier molecular flexibility index (Phi) is 8.84. The Bertz CT molecular complexity index is 1110. The summed E-state index contributed by atoms with van der Waals surface area (Å²) in [7, 11) is 0. The van der Waals surface area contributed by atoms with E-state index in [1.165, 1.54) is 5.69 Å². The average Bonchev–Trinajstić information content (AvgIpc) is 2.85. The molecule has 1 aliphatic rings. The Hall–Kier alpha value is -2.12. The van der Waals surface area contributed by atoms with Gasteiger partial charge in [-0.15, -0.1) is 0 Å². The molecule has 0 radical (unpaired) electrons. The quantitative estimate of drug-likeness (QED) is 0.297. The van der Waals surface area contributed by atoms with E-state index < -0.39 is 0 Å². The zero-order valence-electron chi connectivity index (χ0n) is 19.0. The molecule has 0 amide bonds. The SMILES string of the molecule is CCOc1cc(CNc2ccc(N3CCOCC3)cc2)cc(Br)c1OCc1ccc(Cl)c(Cl)c1. The molecular formula is C26H27BrCl2N2O3. The molecule has 1 heterocycles. The first-order chi connectivity index (χ1) is 16.5. The summed E-state index contributed by atoms with van der Waals surface area (Å²) in [4.78, 5) is 2.34. The van der Waals surface area contributed by atoms with E-state index in [-0.39, 0.29) is 0 Å². The summed E-state index contributed by atoms with van der Waals surface area (Å²) in [5.74, 6) is 1.35. The molecule has 0 bridgehead atoms. The maximum Gasteiger partial charge on any atom is 0.175 e. The van der Waals surface area contributed by atoms with Crippen molar-refractivity contribution in [2.24, 2.45) is 0 Å². The summed E-state index contributed by atoms with van der Waals surface area (Å²) < 4.78 is 18.2. The summed E-state index contributed by atoms with van der Waals surface area (Å²) in [5.41, 5.74) is 4.29. The maximum atomic E-state index is 6.13. The van der Waals surface area contributed by atoms with Crippen molar-refractivity contribution in [3.05, 3.63) is 80.2 Å². The van der Waals surface area contributed by atoms with Crippen LogP contribution in [0.15, 0.2) is 59.1 Å². The highest BCUT2D eigenvalue weighted by Gasteiger charge is 2.14. The third kappa shape index (κ3) is 6.51. The van der Waals surface area contributed by atoms with Crippen LogP contribution in [0, 0.1) is 0 Å². The molecule has 4 rings (SSSR count). The molecule has 3 aromatic rings. The number of halogens is 3. The van der Waals surface area contributed by atoms with Crippen molar-refractivity contribution in [3.63, 3.8) is 0 Å². The minimum Gasteiger partial charge on any atom is -0.490 e. The number of hydrogen-bond donors (Lipinski definition) is 1. The second kappa shape index (κ2) is 12.0. The number of benzene rings is 3. The molecule has 1 aliphatic heterocycles. The summed E-state index contributed by atoms with van der Waals surface area (Å²) in [5, 5.41) is 4.52. The van der Waals surface area contributed by atoms with Crippen LogP contribution in [0.5, 0.6) is 11.5 Å². The van der Waals surface area contributed by atoms with Crippen LogP contribution in [0.3, 0.4) is 0 Å². The number of nitrogens with zero attached hydrogens (tertiary/aromatic N) is 1. The number of anilines is 2. The second-order valence-electron chi connectivity index (χ2n) is 7.87. The molecule has 5 nitrogen and oxygen atoms in total. The highest BCUT2D eigenvalue weighted by molar-refractivity contribution is 9.10. The lowest BCUT2D eigenvalue weighted by molar-refractivity contribution is 0.122. The zero-order chi connectivity index (χ0) is 23.9. The highest BCUT2D eigenvalue weighted by Crippen LogP contribution is 2.38. The van der Waals surface area contributed by atoms with Crippen LogP contribution >= 0.6 is 39.1 Å². The normalized spacial score (nSPS) is 13.6. The van der Waals surface area contributed by atoms with Crippen molar-refractivity contribution in [2.45, 2.75) is 20.1 Å². The van der Waals surface area contributed by atoms with Gasteiger partial charge in [-0.3, -0.25) is 0 Å². The Labute approximate surface area is 219 Å². The second-order valence-corrected chi connectivity index (χ2v) is 9.54. The molecule has 34 heavy (non-hydrogen) atoms. The van der Waals surface area contributed by atoms with Gasteiger partial charge >= 0.3 is 0 Å². The molecular weight excluding hydrogens is 539 g/mol. The van der Waals surface area contributed by atoms with E-state index in [1.807, 2.05) is 25.1 Å². The van der Waals surface area contributed by atoms with Crippen LogP contribution < -0.4 is 19.7 Å². The Morgan fingerprint density at radius 2 is 1.71 bits per heavy atom. The van der Waals surface area contributed by atoms with Gasteiger partial charge in [0.05, 0.1) is 34.3 Å². The predicted molar refractivity (Wildman–Crippen MR) is 143 cm³/mol. The van der Waals surface area contributed by atoms with Crippen LogP contribution in [-0.4, -0.2) is 32.9 Å². The van der Waals surface area contributed by atoms with Crippen molar-refractivity contribution in [1.29, 1.82) is 0 Å². The minimum absolute atomic E-state index is 0.350. The van der Waals surface area contributed by atoms with Crippen LogP contribution in [-0.2, 0) is 17.9 Å². The van der Waals surface area contributed by atoms with E-state index in [0.717, 1.165) is 47.6 Å². The molecule has 180 valence electrons. The zero-order valence-corrected chi connectivity index (χ0v) is 22.0. The van der Waals surface area contributed by atoms with E-state index in [4.69, 9.17) is 37.4 Å². The number of nitrogens with one attached hydrogen (secondary N) is 1. The lowest BCUT2D eigenvalue weighted by atomic mass is 10.2. The van der Waals surface area contributed by atoms with Gasteiger partial charge in [0.15, 0.2) is 11.5 Å². The van der Waals surface area contributed by atoms with E-state index >= 15 is 0 Å². The van der Waals surface area contributed by atoms with Crippen molar-refractivity contribution in [2.75, 3.05) is 43.1 Å². The number of hydrogen-bond acceptors (Lipinski definition) is 5. The minimum atomic E-state index is 0.350. The molecule has 1 N–H and O–H groups in total. The fraction of sp³-hybridized carbons (Fsp3) is 0.308. The van der Waals surface area contributed by atoms with E-state index in [1.54, 1.807) is 12.1 Å². The van der Waals surface area contributed by atoms with Gasteiger partial charge < -0.3 is 24.4 Å². The topological polar surface area (TPSA) is 43.0 Å². The lowest BCUT2D eigenvalue weighted by Crippen LogP contribution is -2.36. The van der Waals surface area contributed by atoms with Crippen molar-refractivity contribution in [1.82, 2.24) is 0 Å². The van der Waals surface area contributed by atoms with Crippen LogP contribution in [0.1, 0.15) is 18.1 Å². The molecule has 1 saturated heterocycles. The molecule has 1 fully saturated rings. The first kappa shape index (κ1) is 25.0. The van der Waals surface area contributed by atoms with Crippen LogP contribution in [0.2, 0.25) is 10.0 Å². The number of ether oxygens (including phenoxy) is 3. The van der Waals surface area contributed by atoms with Gasteiger partial charge in [-0.05, 0) is 82.5 Å². The lowest BCUT2D eigenvalue weighted by Gasteiger charge is -2.29. The molecule has 8 heteroatoms. The highest BCUT2D eigenvalue weighted by atomic mass is 79.9. The Morgan fingerprint density at radius 1 is 0.941 bits per heavy atom. The molecule has 0 spiro atoms. The summed E-state index contributed by atoms with van der Waals surface area (Å²) in [6, 6.07) is 18.0. The third-order valence-electron chi connectivity index (χ3n) is 5.48. The summed E-state index contributed by atoms with van der Waals surface area (Å²) >= 11 is 15.8. The maximum absolute atomic E-state index is 6.13. The molecule has 0 aromatic heterocycles. The summed E-state index contributed by atoms with van der Waals surface area (Å²) in [6.45, 7) is 6.92. The predicted octanol–water partition coefficient (Wildman–Crippen LogP) is 7.18. The largest absolute Gasteiger partial charge is 0.490 e. The van der Waals surface area contributed by atoms with Crippen molar-refractivity contribution in [3.8, 4) is 11.5 Å². The first-order valence-corrected chi connectivity index (χ1v) is 12.8. The molecule has 0 saturated carbocycles. The van der Waals surface area contributed by atoms with E-state index in [0.29, 0.717) is 41.3 Å². The number of rotatable bonds is 9. The fourth-order valence-electron chi connectivity index (χ4n) is 3.73. The van der Waals surface area contributed by atoms with Crippen molar-refractivity contribution >= 4 is 50.5 Å². The van der Waals surface area contributed by atoms with Gasteiger partial charge in [-0.1, -0.05) is 29.3 Å². The van der Waals surface area contributed by atoms with Crippen LogP contribution in [0.4, 0.5) is 11.4 Å². The summed E-state index contributed by atoms with van der Waals surface area (Å²) in [6.07, 6.45) is 0. The fourth-order valence-corrected chi connectivity index (χ4v) is 4.65. The number of morpholine rings is 1. The average molecular weight is 566 g/mol. The van der Waals surface area contributed by atoms with Gasteiger partial charge in [0, 0.05) is 31.0 Å². The Balaban J connectivity index is 1.41. The van der Waals surface area contributed by atoms with Gasteiger partial charge in [0.1, 0.15) is 6.61 Å². The van der Waals surface area contributed by atoms with Gasteiger partial charge in [0.2, 0.25) is 0 Å². The standard InChI is InChI=1S/C26H27BrCl2N2O3/c1-2-33-25-15-19(13-22(27)26(25)34-17-18-3-8-23(28)24(29)14-18)16-30-20-4-6-21(7-5-20)31-9-11-32-12-10-31/h3-8,13-15,30H,2,9-12,16-17H2,1H3. The van der Waals surface area contributed by atoms with E-state index in [2.05, 4.69) is 50.4 Å². The van der Waals surface area contributed by atoms with E-state index in [9.17, 15) is 0 Å². The Morgan fingerprint density at radius 3 is 2.41 bits per heavy atom. The molecule has 0 aliphatic carbocycles. The third-order valence-corrected chi connectivity index (χ3v) is 6.80.